The first-order valence-corrected chi connectivity index (χ1v) is 14.4. The number of nitrogens with one attached hydrogen (secondary N) is 1. The van der Waals surface area contributed by atoms with Crippen molar-refractivity contribution in [3.63, 3.8) is 0 Å². The molecular weight excluding hydrogens is 454 g/mol. The number of rotatable bonds is 24. The number of allylic oxidation sites excluding steroid dienone is 6. The quantitative estimate of drug-likeness (QED) is 0.0671. The van der Waals surface area contributed by atoms with Gasteiger partial charge in [0.15, 0.2) is 0 Å². The number of aliphatic hydroxyl groups is 4. The number of carbonyl (C=O) groups excluding carboxylic acids is 1. The van der Waals surface area contributed by atoms with E-state index in [-0.39, 0.29) is 0 Å². The number of unbranched alkanes of at least 4 members (excludes halogenated alkanes) is 10. The molecule has 6 nitrogen and oxygen atoms in total. The van der Waals surface area contributed by atoms with Gasteiger partial charge in [0.25, 0.3) is 0 Å². The van der Waals surface area contributed by atoms with Crippen LogP contribution in [-0.2, 0) is 4.79 Å². The van der Waals surface area contributed by atoms with E-state index < -0.39 is 36.9 Å². The normalized spacial score (nSPS) is 15.6. The maximum Gasteiger partial charge on any atom is 0.249 e. The molecule has 0 heterocycles. The smallest absolute Gasteiger partial charge is 0.249 e. The number of aliphatic hydroxyl groups excluding tert-OH is 4. The van der Waals surface area contributed by atoms with Gasteiger partial charge in [-0.2, -0.15) is 0 Å². The fourth-order valence-corrected chi connectivity index (χ4v) is 3.93. The average Bonchev–Trinajstić information content (AvgIpc) is 2.88. The van der Waals surface area contributed by atoms with Crippen molar-refractivity contribution in [3.05, 3.63) is 36.5 Å². The second kappa shape index (κ2) is 25.2. The monoisotopic (exact) mass is 509 g/mol. The predicted octanol–water partition coefficient (Wildman–Crippen LogP) is 5.50. The van der Waals surface area contributed by atoms with Gasteiger partial charge in [0.1, 0.15) is 12.2 Å². The first-order chi connectivity index (χ1) is 17.5. The molecule has 0 aliphatic carbocycles. The van der Waals surface area contributed by atoms with Gasteiger partial charge in [-0.05, 0) is 57.8 Å². The van der Waals surface area contributed by atoms with Crippen LogP contribution in [0.2, 0.25) is 0 Å². The summed E-state index contributed by atoms with van der Waals surface area (Å²) in [5.41, 5.74) is 0. The lowest BCUT2D eigenvalue weighted by Gasteiger charge is -2.27. The van der Waals surface area contributed by atoms with Crippen LogP contribution in [0.4, 0.5) is 0 Å². The maximum absolute atomic E-state index is 12.3. The highest BCUT2D eigenvalue weighted by atomic mass is 16.3. The molecule has 4 atom stereocenters. The van der Waals surface area contributed by atoms with Crippen LogP contribution in [0, 0.1) is 0 Å². The summed E-state index contributed by atoms with van der Waals surface area (Å²) in [6.45, 7) is 3.82. The molecule has 0 rings (SSSR count). The van der Waals surface area contributed by atoms with Gasteiger partial charge in [0.05, 0.1) is 18.8 Å². The zero-order valence-corrected chi connectivity index (χ0v) is 23.0. The largest absolute Gasteiger partial charge is 0.394 e. The predicted molar refractivity (Wildman–Crippen MR) is 150 cm³/mol. The van der Waals surface area contributed by atoms with Crippen LogP contribution in [0.3, 0.4) is 0 Å². The Morgan fingerprint density at radius 3 is 1.92 bits per heavy atom. The number of hydrogen-bond donors (Lipinski definition) is 5. The van der Waals surface area contributed by atoms with Crippen LogP contribution in [0.1, 0.15) is 117 Å². The van der Waals surface area contributed by atoms with Crippen molar-refractivity contribution >= 4 is 5.91 Å². The van der Waals surface area contributed by atoms with Crippen molar-refractivity contribution in [1.82, 2.24) is 5.32 Å². The number of hydrogen-bond acceptors (Lipinski definition) is 5. The van der Waals surface area contributed by atoms with Crippen molar-refractivity contribution in [2.24, 2.45) is 0 Å². The molecule has 0 aliphatic heterocycles. The molecule has 0 radical (unpaired) electrons. The van der Waals surface area contributed by atoms with Crippen molar-refractivity contribution in [3.8, 4) is 0 Å². The number of amides is 1. The minimum atomic E-state index is -1.28. The van der Waals surface area contributed by atoms with E-state index in [1.54, 1.807) is 0 Å². The van der Waals surface area contributed by atoms with E-state index in [1.807, 2.05) is 0 Å². The van der Waals surface area contributed by atoms with Crippen molar-refractivity contribution < 1.29 is 25.2 Å². The molecule has 0 aromatic rings. The lowest BCUT2D eigenvalue weighted by atomic mass is 10.00. The Hall–Kier alpha value is -1.47. The Kier molecular flexibility index (Phi) is 24.2. The van der Waals surface area contributed by atoms with E-state index in [2.05, 4.69) is 55.6 Å². The van der Waals surface area contributed by atoms with Crippen LogP contribution >= 0.6 is 0 Å². The zero-order valence-electron chi connectivity index (χ0n) is 23.0. The van der Waals surface area contributed by atoms with E-state index >= 15 is 0 Å². The highest BCUT2D eigenvalue weighted by molar-refractivity contribution is 5.80. The van der Waals surface area contributed by atoms with Crippen molar-refractivity contribution in [2.45, 2.75) is 141 Å². The lowest BCUT2D eigenvalue weighted by molar-refractivity contribution is -0.132. The standard InChI is InChI=1S/C30H55NO5/c1-3-5-7-9-11-12-13-14-15-16-17-18-20-22-24-28(34)30(36)31-26(25-32)29(35)27(33)23-21-19-10-8-6-4-2/h8,10-14,26-29,32-35H,3-7,9,15-25H2,1-2H3,(H,31,36)/b10-8+,12-11-,14-13-. The molecule has 210 valence electrons. The number of carbonyl (C=O) groups is 1. The first-order valence-electron chi connectivity index (χ1n) is 14.4. The molecule has 0 bridgehead atoms. The van der Waals surface area contributed by atoms with E-state index in [0.717, 1.165) is 64.2 Å². The fourth-order valence-electron chi connectivity index (χ4n) is 3.93. The van der Waals surface area contributed by atoms with Gasteiger partial charge in [-0.1, -0.05) is 95.2 Å². The SMILES string of the molecule is CCC/C=C/CCCC(O)C(O)C(CO)NC(=O)C(O)CCCCCCC/C=C\C=C/CCCCC. The molecule has 4 unspecified atom stereocenters. The third-order valence-electron chi connectivity index (χ3n) is 6.33. The Morgan fingerprint density at radius 2 is 1.28 bits per heavy atom. The van der Waals surface area contributed by atoms with Gasteiger partial charge in [-0.3, -0.25) is 4.79 Å². The third kappa shape index (κ3) is 19.7. The summed E-state index contributed by atoms with van der Waals surface area (Å²) in [5, 5.41) is 42.7. The van der Waals surface area contributed by atoms with Crippen LogP contribution in [-0.4, -0.2) is 57.3 Å². The minimum Gasteiger partial charge on any atom is -0.394 e. The summed E-state index contributed by atoms with van der Waals surface area (Å²) in [5.74, 6) is -0.615. The van der Waals surface area contributed by atoms with E-state index in [1.165, 1.54) is 19.3 Å². The fraction of sp³-hybridized carbons (Fsp3) is 0.767. The van der Waals surface area contributed by atoms with Crippen LogP contribution < -0.4 is 5.32 Å². The molecule has 0 aromatic heterocycles. The maximum atomic E-state index is 12.3. The van der Waals surface area contributed by atoms with Gasteiger partial charge in [0.2, 0.25) is 5.91 Å². The van der Waals surface area contributed by atoms with Gasteiger partial charge >= 0.3 is 0 Å². The van der Waals surface area contributed by atoms with Gasteiger partial charge in [-0.25, -0.2) is 0 Å². The molecule has 6 heteroatoms. The van der Waals surface area contributed by atoms with Gasteiger partial charge in [0, 0.05) is 0 Å². The molecule has 36 heavy (non-hydrogen) atoms. The van der Waals surface area contributed by atoms with Crippen molar-refractivity contribution in [1.29, 1.82) is 0 Å². The lowest BCUT2D eigenvalue weighted by Crippen LogP contribution is -2.53. The first kappa shape index (κ1) is 34.5. The Labute approximate surface area is 220 Å². The summed E-state index contributed by atoms with van der Waals surface area (Å²) in [6, 6.07) is -1.00. The molecule has 0 aromatic carbocycles. The van der Waals surface area contributed by atoms with Crippen LogP contribution in [0.15, 0.2) is 36.5 Å². The van der Waals surface area contributed by atoms with E-state index in [4.69, 9.17) is 0 Å². The van der Waals surface area contributed by atoms with Crippen molar-refractivity contribution in [2.75, 3.05) is 6.61 Å². The molecule has 1 amide bonds. The summed E-state index contributed by atoms with van der Waals surface area (Å²) in [7, 11) is 0. The molecule has 5 N–H and O–H groups in total. The summed E-state index contributed by atoms with van der Waals surface area (Å²) in [6.07, 6.45) is 24.8. The minimum absolute atomic E-state index is 0.343. The van der Waals surface area contributed by atoms with Crippen LogP contribution in [0.5, 0.6) is 0 Å². The van der Waals surface area contributed by atoms with E-state index in [0.29, 0.717) is 19.3 Å². The Balaban J connectivity index is 3.97. The van der Waals surface area contributed by atoms with Gasteiger partial charge < -0.3 is 25.7 Å². The topological polar surface area (TPSA) is 110 Å². The average molecular weight is 510 g/mol. The van der Waals surface area contributed by atoms with Gasteiger partial charge in [-0.15, -0.1) is 0 Å². The Bertz CT molecular complexity index is 590. The summed E-state index contributed by atoms with van der Waals surface area (Å²) >= 11 is 0. The molecule has 0 aliphatic rings. The molecule has 0 fully saturated rings. The third-order valence-corrected chi connectivity index (χ3v) is 6.33. The molecular formula is C30H55NO5. The molecule has 0 saturated carbocycles. The van der Waals surface area contributed by atoms with E-state index in [9.17, 15) is 25.2 Å². The van der Waals surface area contributed by atoms with Crippen LogP contribution in [0.25, 0.3) is 0 Å². The Morgan fingerprint density at radius 1 is 0.694 bits per heavy atom. The molecule has 0 saturated heterocycles. The highest BCUT2D eigenvalue weighted by Gasteiger charge is 2.28. The summed E-state index contributed by atoms with van der Waals surface area (Å²) in [4.78, 5) is 12.3. The zero-order chi connectivity index (χ0) is 26.9. The highest BCUT2D eigenvalue weighted by Crippen LogP contribution is 2.12. The second-order valence-corrected chi connectivity index (χ2v) is 9.76. The molecule has 0 spiro atoms. The summed E-state index contributed by atoms with van der Waals surface area (Å²) < 4.78 is 0. The second-order valence-electron chi connectivity index (χ2n) is 9.76.